The first-order chi connectivity index (χ1) is 3.83. The molecule has 2 unspecified atom stereocenters. The zero-order chi connectivity index (χ0) is 5.98. The average molecular weight is 181 g/mol. The summed E-state index contributed by atoms with van der Waals surface area (Å²) in [6.45, 7) is 0.896. The molecule has 0 aromatic rings. The topological polar surface area (TPSA) is 29.5 Å². The van der Waals surface area contributed by atoms with Crippen LogP contribution in [0.3, 0.4) is 0 Å². The van der Waals surface area contributed by atoms with Crippen LogP contribution in [0.4, 0.5) is 0 Å². The second-order valence-electron chi connectivity index (χ2n) is 1.97. The van der Waals surface area contributed by atoms with Crippen molar-refractivity contribution in [3.63, 3.8) is 0 Å². The Kier molecular flexibility index (Phi) is 2.28. The fourth-order valence-corrected chi connectivity index (χ4v) is 1.36. The van der Waals surface area contributed by atoms with Crippen LogP contribution in [0.25, 0.3) is 0 Å². The lowest BCUT2D eigenvalue weighted by molar-refractivity contribution is 0.0593. The van der Waals surface area contributed by atoms with Crippen molar-refractivity contribution in [3.8, 4) is 0 Å². The predicted molar refractivity (Wildman–Crippen MR) is 34.2 cm³/mol. The SMILES string of the molecule is OCC1CC(Br)CO1. The molecule has 1 heterocycles. The van der Waals surface area contributed by atoms with Gasteiger partial charge in [0, 0.05) is 4.83 Å². The van der Waals surface area contributed by atoms with Crippen molar-refractivity contribution in [2.45, 2.75) is 17.4 Å². The molecular formula is C5H9BrO2. The number of aliphatic hydroxyl groups excluding tert-OH is 1. The number of ether oxygens (including phenoxy) is 1. The Morgan fingerprint density at radius 1 is 1.75 bits per heavy atom. The standard InChI is InChI=1S/C5H9BrO2/c6-4-1-5(2-7)8-3-4/h4-5,7H,1-3H2. The van der Waals surface area contributed by atoms with E-state index in [4.69, 9.17) is 9.84 Å². The van der Waals surface area contributed by atoms with Gasteiger partial charge in [-0.3, -0.25) is 0 Å². The summed E-state index contributed by atoms with van der Waals surface area (Å²) in [5, 5.41) is 8.54. The monoisotopic (exact) mass is 180 g/mol. The molecule has 0 aromatic heterocycles. The average Bonchev–Trinajstić information content (AvgIpc) is 2.14. The third-order valence-electron chi connectivity index (χ3n) is 1.24. The fourth-order valence-electron chi connectivity index (χ4n) is 0.789. The highest BCUT2D eigenvalue weighted by Gasteiger charge is 2.21. The first-order valence-electron chi connectivity index (χ1n) is 2.69. The van der Waals surface area contributed by atoms with Gasteiger partial charge in [0.15, 0.2) is 0 Å². The van der Waals surface area contributed by atoms with Crippen molar-refractivity contribution in [1.29, 1.82) is 0 Å². The summed E-state index contributed by atoms with van der Waals surface area (Å²) in [4.78, 5) is 0.458. The van der Waals surface area contributed by atoms with E-state index in [1.54, 1.807) is 0 Å². The van der Waals surface area contributed by atoms with Crippen molar-refractivity contribution < 1.29 is 9.84 Å². The largest absolute Gasteiger partial charge is 0.394 e. The van der Waals surface area contributed by atoms with Gasteiger partial charge in [0.25, 0.3) is 0 Å². The van der Waals surface area contributed by atoms with Crippen LogP contribution in [0.1, 0.15) is 6.42 Å². The van der Waals surface area contributed by atoms with E-state index in [1.165, 1.54) is 0 Å². The second kappa shape index (κ2) is 2.80. The third-order valence-corrected chi connectivity index (χ3v) is 1.87. The minimum Gasteiger partial charge on any atom is -0.394 e. The van der Waals surface area contributed by atoms with E-state index in [9.17, 15) is 0 Å². The van der Waals surface area contributed by atoms with Gasteiger partial charge in [-0.15, -0.1) is 0 Å². The first-order valence-corrected chi connectivity index (χ1v) is 3.61. The van der Waals surface area contributed by atoms with Gasteiger partial charge in [0.05, 0.1) is 19.3 Å². The van der Waals surface area contributed by atoms with E-state index in [2.05, 4.69) is 15.9 Å². The Labute approximate surface area is 57.0 Å². The van der Waals surface area contributed by atoms with Crippen molar-refractivity contribution in [2.75, 3.05) is 13.2 Å². The number of alkyl halides is 1. The van der Waals surface area contributed by atoms with Crippen LogP contribution in [0.2, 0.25) is 0 Å². The lowest BCUT2D eigenvalue weighted by Gasteiger charge is -2.00. The molecule has 2 nitrogen and oxygen atoms in total. The van der Waals surface area contributed by atoms with Gasteiger partial charge < -0.3 is 9.84 Å². The molecule has 8 heavy (non-hydrogen) atoms. The Hall–Kier alpha value is 0.400. The number of hydrogen-bond donors (Lipinski definition) is 1. The van der Waals surface area contributed by atoms with Crippen LogP contribution in [0, 0.1) is 0 Å². The third kappa shape index (κ3) is 1.44. The van der Waals surface area contributed by atoms with Crippen molar-refractivity contribution in [3.05, 3.63) is 0 Å². The molecule has 48 valence electrons. The maximum atomic E-state index is 8.54. The summed E-state index contributed by atoms with van der Waals surface area (Å²) in [6, 6.07) is 0. The number of aliphatic hydroxyl groups is 1. The highest BCUT2D eigenvalue weighted by Crippen LogP contribution is 2.18. The molecule has 1 saturated heterocycles. The molecule has 2 atom stereocenters. The predicted octanol–water partition coefficient (Wildman–Crippen LogP) is 0.531. The summed E-state index contributed by atoms with van der Waals surface area (Å²) in [6.07, 6.45) is 1.02. The number of rotatable bonds is 1. The molecule has 1 N–H and O–H groups in total. The van der Waals surface area contributed by atoms with Crippen LogP contribution >= 0.6 is 15.9 Å². The van der Waals surface area contributed by atoms with Crippen LogP contribution in [-0.2, 0) is 4.74 Å². The van der Waals surface area contributed by atoms with Gasteiger partial charge in [0.2, 0.25) is 0 Å². The Morgan fingerprint density at radius 3 is 2.75 bits per heavy atom. The van der Waals surface area contributed by atoms with Crippen LogP contribution in [0.5, 0.6) is 0 Å². The molecule has 0 bridgehead atoms. The summed E-state index contributed by atoms with van der Waals surface area (Å²) < 4.78 is 5.12. The molecular weight excluding hydrogens is 172 g/mol. The molecule has 0 spiro atoms. The van der Waals surface area contributed by atoms with Gasteiger partial charge >= 0.3 is 0 Å². The van der Waals surface area contributed by atoms with E-state index in [-0.39, 0.29) is 12.7 Å². The second-order valence-corrected chi connectivity index (χ2v) is 3.27. The lowest BCUT2D eigenvalue weighted by Crippen LogP contribution is -2.09. The van der Waals surface area contributed by atoms with E-state index >= 15 is 0 Å². The normalized spacial score (nSPS) is 38.2. The van der Waals surface area contributed by atoms with Crippen molar-refractivity contribution in [2.24, 2.45) is 0 Å². The maximum Gasteiger partial charge on any atom is 0.0817 e. The highest BCUT2D eigenvalue weighted by molar-refractivity contribution is 9.09. The zero-order valence-electron chi connectivity index (χ0n) is 4.51. The fraction of sp³-hybridized carbons (Fsp3) is 1.00. The Bertz CT molecular complexity index is 76.8. The van der Waals surface area contributed by atoms with E-state index in [1.807, 2.05) is 0 Å². The maximum absolute atomic E-state index is 8.54. The molecule has 1 aliphatic heterocycles. The zero-order valence-corrected chi connectivity index (χ0v) is 6.10. The molecule has 1 aliphatic rings. The molecule has 1 fully saturated rings. The van der Waals surface area contributed by atoms with E-state index in [0.717, 1.165) is 13.0 Å². The van der Waals surface area contributed by atoms with Crippen molar-refractivity contribution in [1.82, 2.24) is 0 Å². The van der Waals surface area contributed by atoms with Gasteiger partial charge in [0.1, 0.15) is 0 Å². The minimum atomic E-state index is 0.0828. The molecule has 3 heteroatoms. The molecule has 0 saturated carbocycles. The molecule has 0 aliphatic carbocycles. The smallest absolute Gasteiger partial charge is 0.0817 e. The molecule has 0 aromatic carbocycles. The van der Waals surface area contributed by atoms with Gasteiger partial charge in [-0.1, -0.05) is 15.9 Å². The highest BCUT2D eigenvalue weighted by atomic mass is 79.9. The summed E-state index contributed by atoms with van der Waals surface area (Å²) in [5.41, 5.74) is 0. The van der Waals surface area contributed by atoms with Crippen LogP contribution < -0.4 is 0 Å². The summed E-state index contributed by atoms with van der Waals surface area (Å²) in [5.74, 6) is 0. The molecule has 0 radical (unpaired) electrons. The van der Waals surface area contributed by atoms with E-state index < -0.39 is 0 Å². The number of halogens is 1. The first kappa shape index (κ1) is 6.52. The Morgan fingerprint density at radius 2 is 2.50 bits per heavy atom. The quantitative estimate of drug-likeness (QED) is 0.598. The van der Waals surface area contributed by atoms with Gasteiger partial charge in [-0.25, -0.2) is 0 Å². The summed E-state index contributed by atoms with van der Waals surface area (Å²) >= 11 is 3.38. The summed E-state index contributed by atoms with van der Waals surface area (Å²) in [7, 11) is 0. The Balaban J connectivity index is 2.22. The van der Waals surface area contributed by atoms with Gasteiger partial charge in [-0.05, 0) is 6.42 Å². The number of hydrogen-bond acceptors (Lipinski definition) is 2. The van der Waals surface area contributed by atoms with Crippen LogP contribution in [-0.4, -0.2) is 29.3 Å². The lowest BCUT2D eigenvalue weighted by atomic mass is 10.2. The van der Waals surface area contributed by atoms with Gasteiger partial charge in [-0.2, -0.15) is 0 Å². The molecule has 0 amide bonds. The van der Waals surface area contributed by atoms with Crippen molar-refractivity contribution >= 4 is 15.9 Å². The molecule has 1 rings (SSSR count). The van der Waals surface area contributed by atoms with E-state index in [0.29, 0.717) is 4.83 Å². The minimum absolute atomic E-state index is 0.0828. The van der Waals surface area contributed by atoms with Crippen LogP contribution in [0.15, 0.2) is 0 Å².